The molecule has 0 amide bonds. The Morgan fingerprint density at radius 3 is 2.54 bits per heavy atom. The summed E-state index contributed by atoms with van der Waals surface area (Å²) in [5.74, 6) is 1.24. The van der Waals surface area contributed by atoms with E-state index in [1.165, 1.54) is 11.9 Å². The Morgan fingerprint density at radius 2 is 1.74 bits per heavy atom. The molecule has 57 heavy (non-hydrogen) atoms. The number of rotatable bonds is 12. The van der Waals surface area contributed by atoms with Gasteiger partial charge < -0.3 is 23.9 Å². The zero-order chi connectivity index (χ0) is 39.3. The summed E-state index contributed by atoms with van der Waals surface area (Å²) in [5.41, 5.74) is 9.03. The minimum atomic E-state index is -0.832. The van der Waals surface area contributed by atoms with Crippen LogP contribution >= 0.6 is 11.6 Å². The molecule has 1 N–H and O–H groups in total. The second-order valence-electron chi connectivity index (χ2n) is 14.9. The van der Waals surface area contributed by atoms with Crippen molar-refractivity contribution in [2.75, 3.05) is 24.5 Å². The van der Waals surface area contributed by atoms with Crippen LogP contribution in [0.4, 0.5) is 5.69 Å². The molecule has 6 aromatic rings. The van der Waals surface area contributed by atoms with Crippen LogP contribution in [0.2, 0.25) is 5.02 Å². The molecule has 11 heteroatoms. The molecule has 2 fully saturated rings. The number of oxazole rings is 1. The van der Waals surface area contributed by atoms with Gasteiger partial charge in [0, 0.05) is 60.8 Å². The van der Waals surface area contributed by atoms with E-state index < -0.39 is 12.0 Å². The standard InChI is InChI=1S/C46H44ClN5O5/c1-30-35(8-7-11-38(30)34-13-14-42-40(22-34)50-45(57-42)33-15-18-51(19-16-33)37-9-3-2-4-10-37)29-56-44-23-43(55-28-32-20-31(24-48)25-49-26-32)36(21-39(44)47)27-52-17-6-5-12-41(52)46(53)54/h2-4,7-11,13-14,20-23,25-26,33,41H,5-6,12,15-19,27-29H2,1H3,(H,53,54). The molecule has 0 saturated carbocycles. The third-order valence-electron chi connectivity index (χ3n) is 11.2. The maximum Gasteiger partial charge on any atom is 0.320 e. The second kappa shape index (κ2) is 17.1. The monoisotopic (exact) mass is 781 g/mol. The van der Waals surface area contributed by atoms with E-state index >= 15 is 0 Å². The number of hydrogen-bond donors (Lipinski definition) is 1. The molecule has 4 heterocycles. The van der Waals surface area contributed by atoms with Crippen molar-refractivity contribution in [3.63, 3.8) is 0 Å². The van der Waals surface area contributed by atoms with E-state index in [9.17, 15) is 15.2 Å². The fourth-order valence-electron chi connectivity index (χ4n) is 8.03. The fourth-order valence-corrected chi connectivity index (χ4v) is 8.27. The summed E-state index contributed by atoms with van der Waals surface area (Å²) >= 11 is 6.88. The predicted octanol–water partition coefficient (Wildman–Crippen LogP) is 9.70. The number of ether oxygens (including phenoxy) is 2. The molecule has 2 aliphatic heterocycles. The first kappa shape index (κ1) is 38.0. The van der Waals surface area contributed by atoms with Crippen molar-refractivity contribution in [2.24, 2.45) is 0 Å². The van der Waals surface area contributed by atoms with Crippen molar-refractivity contribution >= 4 is 34.4 Å². The summed E-state index contributed by atoms with van der Waals surface area (Å²) in [6.07, 6.45) is 7.53. The second-order valence-corrected chi connectivity index (χ2v) is 15.3. The van der Waals surface area contributed by atoms with Gasteiger partial charge >= 0.3 is 5.97 Å². The lowest BCUT2D eigenvalue weighted by atomic mass is 9.96. The maximum absolute atomic E-state index is 12.1. The minimum absolute atomic E-state index is 0.158. The zero-order valence-corrected chi connectivity index (χ0v) is 32.6. The molecule has 0 bridgehead atoms. The van der Waals surface area contributed by atoms with Crippen LogP contribution in [0.25, 0.3) is 22.2 Å². The van der Waals surface area contributed by atoms with Gasteiger partial charge in [0.15, 0.2) is 11.5 Å². The van der Waals surface area contributed by atoms with Crippen LogP contribution in [0, 0.1) is 18.3 Å². The van der Waals surface area contributed by atoms with Gasteiger partial charge in [0.1, 0.15) is 42.3 Å². The van der Waals surface area contributed by atoms with Crippen LogP contribution < -0.4 is 14.4 Å². The van der Waals surface area contributed by atoms with Gasteiger partial charge in [0.2, 0.25) is 0 Å². The molecule has 0 aliphatic carbocycles. The number of piperidine rings is 2. The highest BCUT2D eigenvalue weighted by Crippen LogP contribution is 2.37. The van der Waals surface area contributed by atoms with E-state index in [1.807, 2.05) is 23.1 Å². The Morgan fingerprint density at radius 1 is 0.912 bits per heavy atom. The number of para-hydroxylation sites is 1. The summed E-state index contributed by atoms with van der Waals surface area (Å²) in [6, 6.07) is 29.8. The summed E-state index contributed by atoms with van der Waals surface area (Å²) in [6.45, 7) is 5.47. The topological polar surface area (TPSA) is 125 Å². The van der Waals surface area contributed by atoms with Crippen molar-refractivity contribution in [3.05, 3.63) is 136 Å². The van der Waals surface area contributed by atoms with Crippen LogP contribution in [0.1, 0.15) is 71.7 Å². The number of anilines is 1. The largest absolute Gasteiger partial charge is 0.488 e. The molecule has 2 saturated heterocycles. The number of aromatic nitrogens is 2. The Kier molecular flexibility index (Phi) is 11.4. The normalized spacial score (nSPS) is 16.4. The molecule has 1 unspecified atom stereocenters. The number of nitrogens with zero attached hydrogens (tertiary/aromatic N) is 5. The molecule has 8 rings (SSSR count). The van der Waals surface area contributed by atoms with E-state index in [2.05, 4.69) is 71.4 Å². The lowest BCUT2D eigenvalue weighted by Crippen LogP contribution is -2.44. The number of carboxylic acids is 1. The van der Waals surface area contributed by atoms with Gasteiger partial charge in [-0.2, -0.15) is 5.26 Å². The van der Waals surface area contributed by atoms with Crippen LogP contribution in [0.15, 0.2) is 102 Å². The first-order valence-electron chi connectivity index (χ1n) is 19.5. The first-order valence-corrected chi connectivity index (χ1v) is 19.9. The molecular formula is C46H44ClN5O5. The summed E-state index contributed by atoms with van der Waals surface area (Å²) in [4.78, 5) is 25.6. The highest BCUT2D eigenvalue weighted by atomic mass is 35.5. The average molecular weight is 782 g/mol. The zero-order valence-electron chi connectivity index (χ0n) is 31.9. The number of pyridine rings is 1. The molecule has 290 valence electrons. The molecule has 10 nitrogen and oxygen atoms in total. The SMILES string of the molecule is Cc1c(COc2cc(OCc3cncc(C#N)c3)c(CN3CCCCC3C(=O)O)cc2Cl)cccc1-c1ccc2oc(C3CCN(c4ccccc4)CC3)nc2c1. The number of fused-ring (bicyclic) bond motifs is 1. The lowest BCUT2D eigenvalue weighted by Gasteiger charge is -2.33. The Hall–Kier alpha value is -5.89. The number of carboxylic acid groups (broad SMARTS) is 1. The molecular weight excluding hydrogens is 738 g/mol. The summed E-state index contributed by atoms with van der Waals surface area (Å²) in [7, 11) is 0. The van der Waals surface area contributed by atoms with Gasteiger partial charge in [-0.1, -0.05) is 60.5 Å². The van der Waals surface area contributed by atoms with E-state index in [0.29, 0.717) is 41.6 Å². The number of halogens is 1. The van der Waals surface area contributed by atoms with Gasteiger partial charge in [-0.25, -0.2) is 4.98 Å². The van der Waals surface area contributed by atoms with Gasteiger partial charge in [-0.05, 0) is 97.8 Å². The molecule has 0 spiro atoms. The molecule has 4 aromatic carbocycles. The average Bonchev–Trinajstić information content (AvgIpc) is 3.68. The highest BCUT2D eigenvalue weighted by Gasteiger charge is 2.30. The van der Waals surface area contributed by atoms with Crippen molar-refractivity contribution < 1.29 is 23.8 Å². The third kappa shape index (κ3) is 8.60. The number of aliphatic carboxylic acids is 1. The quantitative estimate of drug-likeness (QED) is 0.128. The van der Waals surface area contributed by atoms with Crippen LogP contribution in [-0.2, 0) is 24.6 Å². The number of likely N-dealkylation sites (tertiary alicyclic amines) is 1. The van der Waals surface area contributed by atoms with Crippen molar-refractivity contribution in [1.29, 1.82) is 5.26 Å². The van der Waals surface area contributed by atoms with E-state index in [-0.39, 0.29) is 19.1 Å². The van der Waals surface area contributed by atoms with E-state index in [4.69, 9.17) is 30.5 Å². The first-order chi connectivity index (χ1) is 27.8. The highest BCUT2D eigenvalue weighted by molar-refractivity contribution is 6.32. The maximum atomic E-state index is 12.1. The lowest BCUT2D eigenvalue weighted by molar-refractivity contribution is -0.144. The van der Waals surface area contributed by atoms with Gasteiger partial charge in [0.05, 0.1) is 10.6 Å². The minimum Gasteiger partial charge on any atom is -0.488 e. The predicted molar refractivity (Wildman–Crippen MR) is 220 cm³/mol. The van der Waals surface area contributed by atoms with Crippen LogP contribution in [0.3, 0.4) is 0 Å². The number of hydrogen-bond acceptors (Lipinski definition) is 9. The van der Waals surface area contributed by atoms with Crippen LogP contribution in [0.5, 0.6) is 11.5 Å². The number of carbonyl (C=O) groups is 1. The smallest absolute Gasteiger partial charge is 0.320 e. The molecule has 0 radical (unpaired) electrons. The van der Waals surface area contributed by atoms with Gasteiger partial charge in [-0.3, -0.25) is 14.7 Å². The fraction of sp³-hybridized carbons (Fsp3) is 0.304. The van der Waals surface area contributed by atoms with Crippen molar-refractivity contribution in [2.45, 2.75) is 70.7 Å². The van der Waals surface area contributed by atoms with Crippen LogP contribution in [-0.4, -0.2) is 51.6 Å². The van der Waals surface area contributed by atoms with Crippen molar-refractivity contribution in [3.8, 4) is 28.7 Å². The Bertz CT molecular complexity index is 2420. The van der Waals surface area contributed by atoms with E-state index in [0.717, 1.165) is 89.1 Å². The van der Waals surface area contributed by atoms with Gasteiger partial charge in [0.25, 0.3) is 0 Å². The summed E-state index contributed by atoms with van der Waals surface area (Å²) in [5, 5.41) is 19.7. The number of benzene rings is 4. The van der Waals surface area contributed by atoms with E-state index in [1.54, 1.807) is 24.4 Å². The summed E-state index contributed by atoms with van der Waals surface area (Å²) < 4.78 is 19.0. The Balaban J connectivity index is 0.993. The molecule has 1 atom stereocenters. The Labute approximate surface area is 337 Å². The van der Waals surface area contributed by atoms with Crippen molar-refractivity contribution in [1.82, 2.24) is 14.9 Å². The molecule has 2 aliphatic rings. The number of nitriles is 1. The van der Waals surface area contributed by atoms with Gasteiger partial charge in [-0.15, -0.1) is 0 Å². The third-order valence-corrected chi connectivity index (χ3v) is 11.5. The molecule has 2 aromatic heterocycles.